The van der Waals surface area contributed by atoms with Crippen molar-refractivity contribution in [2.24, 2.45) is 11.8 Å². The average molecular weight is 494 g/mol. The first-order valence-corrected chi connectivity index (χ1v) is 11.8. The summed E-state index contributed by atoms with van der Waals surface area (Å²) < 4.78 is 31.0. The molecule has 4 rings (SSSR count). The Bertz CT molecular complexity index is 1240. The van der Waals surface area contributed by atoms with Crippen LogP contribution in [0.25, 0.3) is 0 Å². The van der Waals surface area contributed by atoms with E-state index in [1.54, 1.807) is 32.0 Å². The quantitative estimate of drug-likeness (QED) is 0.353. The number of para-hydroxylation sites is 1. The van der Waals surface area contributed by atoms with E-state index in [1.165, 1.54) is 25.3 Å². The molecule has 0 bridgehead atoms. The van der Waals surface area contributed by atoms with Crippen molar-refractivity contribution < 1.29 is 33.0 Å². The summed E-state index contributed by atoms with van der Waals surface area (Å²) in [5.41, 5.74) is 1.50. The highest BCUT2D eigenvalue weighted by atomic mass is 19.1. The predicted octanol–water partition coefficient (Wildman–Crippen LogP) is 4.06. The Kier molecular flexibility index (Phi) is 7.52. The van der Waals surface area contributed by atoms with Gasteiger partial charge in [0.25, 0.3) is 0 Å². The van der Waals surface area contributed by atoms with Crippen molar-refractivity contribution in [2.75, 3.05) is 20.3 Å². The number of ether oxygens (including phenoxy) is 3. The lowest BCUT2D eigenvalue weighted by Gasteiger charge is -2.38. The Labute approximate surface area is 208 Å². The fourth-order valence-corrected chi connectivity index (χ4v) is 4.86. The molecule has 0 spiro atoms. The van der Waals surface area contributed by atoms with Gasteiger partial charge in [-0.3, -0.25) is 9.59 Å². The Balaban J connectivity index is 1.65. The van der Waals surface area contributed by atoms with Crippen LogP contribution >= 0.6 is 0 Å². The summed E-state index contributed by atoms with van der Waals surface area (Å²) in [4.78, 5) is 39.4. The molecule has 0 radical (unpaired) electrons. The Morgan fingerprint density at radius 1 is 1.06 bits per heavy atom. The van der Waals surface area contributed by atoms with E-state index in [9.17, 15) is 14.4 Å². The fraction of sp³-hybridized carbons (Fsp3) is 0.321. The summed E-state index contributed by atoms with van der Waals surface area (Å²) in [6.45, 7) is 3.56. The number of dihydropyridines is 1. The van der Waals surface area contributed by atoms with Gasteiger partial charge in [-0.15, -0.1) is 0 Å². The Morgan fingerprint density at radius 2 is 1.75 bits per heavy atom. The Hall–Kier alpha value is -3.94. The minimum absolute atomic E-state index is 0.0455. The molecular weight excluding hydrogens is 465 g/mol. The third kappa shape index (κ3) is 4.89. The predicted molar refractivity (Wildman–Crippen MR) is 129 cm³/mol. The number of rotatable bonds is 7. The van der Waals surface area contributed by atoms with Gasteiger partial charge in [0.1, 0.15) is 30.7 Å². The molecule has 0 amide bonds. The molecule has 2 aliphatic rings. The van der Waals surface area contributed by atoms with Crippen molar-refractivity contribution in [1.29, 1.82) is 0 Å². The lowest BCUT2D eigenvalue weighted by molar-refractivity contribution is -0.151. The van der Waals surface area contributed by atoms with Gasteiger partial charge in [0.2, 0.25) is 0 Å². The Morgan fingerprint density at radius 3 is 2.44 bits per heavy atom. The van der Waals surface area contributed by atoms with Crippen molar-refractivity contribution in [2.45, 2.75) is 26.2 Å². The molecule has 188 valence electrons. The van der Waals surface area contributed by atoms with Crippen LogP contribution in [0.5, 0.6) is 5.75 Å². The van der Waals surface area contributed by atoms with Gasteiger partial charge >= 0.3 is 11.9 Å². The van der Waals surface area contributed by atoms with Crippen molar-refractivity contribution in [1.82, 2.24) is 5.32 Å². The van der Waals surface area contributed by atoms with Crippen LogP contribution in [0, 0.1) is 17.7 Å². The van der Waals surface area contributed by atoms with Crippen LogP contribution in [0.15, 0.2) is 77.1 Å². The molecule has 0 aromatic heterocycles. The number of benzene rings is 2. The van der Waals surface area contributed by atoms with Crippen LogP contribution in [0.3, 0.4) is 0 Å². The van der Waals surface area contributed by atoms with Crippen molar-refractivity contribution in [3.8, 4) is 5.75 Å². The molecule has 1 N–H and O–H groups in total. The van der Waals surface area contributed by atoms with Crippen LogP contribution in [0.1, 0.15) is 31.7 Å². The molecule has 36 heavy (non-hydrogen) atoms. The van der Waals surface area contributed by atoms with Crippen molar-refractivity contribution in [3.63, 3.8) is 0 Å². The lowest BCUT2D eigenvalue weighted by Crippen LogP contribution is -2.43. The van der Waals surface area contributed by atoms with Gasteiger partial charge in [0.05, 0.1) is 18.6 Å². The number of carbonyl (C=O) groups excluding carboxylic acids is 3. The number of methoxy groups -OCH3 is 1. The molecule has 7 nitrogen and oxygen atoms in total. The van der Waals surface area contributed by atoms with E-state index in [0.29, 0.717) is 23.6 Å². The van der Waals surface area contributed by atoms with Gasteiger partial charge in [0.15, 0.2) is 5.78 Å². The smallest absolute Gasteiger partial charge is 0.336 e. The first kappa shape index (κ1) is 25.2. The van der Waals surface area contributed by atoms with Gasteiger partial charge in [0, 0.05) is 22.5 Å². The zero-order chi connectivity index (χ0) is 25.8. The van der Waals surface area contributed by atoms with Crippen molar-refractivity contribution in [3.05, 3.63) is 88.5 Å². The van der Waals surface area contributed by atoms with Gasteiger partial charge in [-0.1, -0.05) is 43.3 Å². The van der Waals surface area contributed by atoms with Gasteiger partial charge < -0.3 is 19.5 Å². The molecule has 1 heterocycles. The molecule has 1 aliphatic heterocycles. The SMILES string of the molecule is COC(=O)[C@H]1C(=O)C2=C(C[C@@H]1C)NC(C)=C(C(=O)OCCOc1ccccc1)[C@H]2c1ccccc1F. The summed E-state index contributed by atoms with van der Waals surface area (Å²) >= 11 is 0. The number of allylic oxidation sites excluding steroid dienone is 3. The molecular formula is C28H28FNO6. The standard InChI is InChI=1S/C28H28FNO6/c1-16-15-21-25(26(31)22(16)27(32)34-3)24(19-11-7-8-12-20(19)29)23(17(2)30-21)28(33)36-14-13-35-18-9-5-4-6-10-18/h4-12,16,22,24,30H,13-15H2,1-3H3/t16-,22+,24+/m0/s1. The summed E-state index contributed by atoms with van der Waals surface area (Å²) in [7, 11) is 1.23. The summed E-state index contributed by atoms with van der Waals surface area (Å²) in [5, 5.41) is 3.15. The fourth-order valence-electron chi connectivity index (χ4n) is 4.86. The molecule has 2 aromatic rings. The van der Waals surface area contributed by atoms with E-state index >= 15 is 4.39 Å². The minimum atomic E-state index is -1.04. The molecule has 1 aliphatic carbocycles. The highest BCUT2D eigenvalue weighted by molar-refractivity contribution is 6.12. The van der Waals surface area contributed by atoms with E-state index in [-0.39, 0.29) is 35.8 Å². The molecule has 0 fully saturated rings. The van der Waals surface area contributed by atoms with E-state index in [0.717, 1.165) is 0 Å². The number of ketones is 1. The van der Waals surface area contributed by atoms with Crippen LogP contribution in [0.2, 0.25) is 0 Å². The maximum Gasteiger partial charge on any atom is 0.336 e. The minimum Gasteiger partial charge on any atom is -0.490 e. The zero-order valence-corrected chi connectivity index (χ0v) is 20.4. The highest BCUT2D eigenvalue weighted by Crippen LogP contribution is 2.46. The van der Waals surface area contributed by atoms with Crippen LogP contribution in [0.4, 0.5) is 4.39 Å². The maximum absolute atomic E-state index is 15.1. The molecule has 0 saturated carbocycles. The normalized spacial score (nSPS) is 21.4. The lowest BCUT2D eigenvalue weighted by atomic mass is 9.69. The van der Waals surface area contributed by atoms with Gasteiger partial charge in [-0.25, -0.2) is 9.18 Å². The van der Waals surface area contributed by atoms with Crippen LogP contribution in [-0.2, 0) is 23.9 Å². The second-order valence-electron chi connectivity index (χ2n) is 8.85. The number of Topliss-reactive ketones (excluding diaryl/α,β-unsaturated/α-hetero) is 1. The number of nitrogens with one attached hydrogen (secondary N) is 1. The number of halogens is 1. The van der Waals surface area contributed by atoms with E-state index < -0.39 is 35.4 Å². The molecule has 0 saturated heterocycles. The van der Waals surface area contributed by atoms with Crippen LogP contribution in [-0.4, -0.2) is 38.0 Å². The molecule has 3 atom stereocenters. The van der Waals surface area contributed by atoms with Crippen LogP contribution < -0.4 is 10.1 Å². The van der Waals surface area contributed by atoms with E-state index in [4.69, 9.17) is 14.2 Å². The second kappa shape index (κ2) is 10.8. The number of carbonyl (C=O) groups is 3. The van der Waals surface area contributed by atoms with Gasteiger partial charge in [-0.2, -0.15) is 0 Å². The maximum atomic E-state index is 15.1. The largest absolute Gasteiger partial charge is 0.490 e. The number of hydrogen-bond donors (Lipinski definition) is 1. The number of esters is 2. The topological polar surface area (TPSA) is 90.9 Å². The summed E-state index contributed by atoms with van der Waals surface area (Å²) in [6, 6.07) is 15.1. The second-order valence-corrected chi connectivity index (χ2v) is 8.85. The van der Waals surface area contributed by atoms with E-state index in [1.807, 2.05) is 18.2 Å². The van der Waals surface area contributed by atoms with Crippen molar-refractivity contribution >= 4 is 17.7 Å². The highest BCUT2D eigenvalue weighted by Gasteiger charge is 2.47. The summed E-state index contributed by atoms with van der Waals surface area (Å²) in [6.07, 6.45) is 0.371. The summed E-state index contributed by atoms with van der Waals surface area (Å²) in [5.74, 6) is -4.16. The average Bonchev–Trinajstić information content (AvgIpc) is 2.86. The molecule has 8 heteroatoms. The zero-order valence-electron chi connectivity index (χ0n) is 20.4. The third-order valence-electron chi connectivity index (χ3n) is 6.51. The first-order chi connectivity index (χ1) is 17.3. The molecule has 2 aromatic carbocycles. The molecule has 0 unspecified atom stereocenters. The van der Waals surface area contributed by atoms with Gasteiger partial charge in [-0.05, 0) is 37.5 Å². The monoisotopic (exact) mass is 493 g/mol. The third-order valence-corrected chi connectivity index (χ3v) is 6.51. The van der Waals surface area contributed by atoms with E-state index in [2.05, 4.69) is 5.32 Å². The first-order valence-electron chi connectivity index (χ1n) is 11.8. The number of hydrogen-bond acceptors (Lipinski definition) is 7.